The van der Waals surface area contributed by atoms with E-state index >= 15 is 0 Å². The Morgan fingerprint density at radius 2 is 2.00 bits per heavy atom. The highest BCUT2D eigenvalue weighted by atomic mass is 79.9. The maximum atomic E-state index is 12.1. The number of benzene rings is 1. The second kappa shape index (κ2) is 3.73. The van der Waals surface area contributed by atoms with Crippen LogP contribution in [0.1, 0.15) is 0 Å². The summed E-state index contributed by atoms with van der Waals surface area (Å²) in [6.45, 7) is 3.56. The topological polar surface area (TPSA) is 30.0 Å². The van der Waals surface area contributed by atoms with Gasteiger partial charge in [-0.2, -0.15) is 0 Å². The predicted octanol–water partition coefficient (Wildman–Crippen LogP) is 3.25. The Balaban J connectivity index is 2.83. The molecule has 4 heteroatoms. The molecule has 0 aliphatic heterocycles. The fraction of sp³-hybridized carbons (Fsp3) is 0.182. The first kappa shape index (κ1) is 10.8. The van der Waals surface area contributed by atoms with E-state index in [1.807, 2.05) is 24.3 Å². The zero-order valence-electron chi connectivity index (χ0n) is 8.57. The van der Waals surface area contributed by atoms with Crippen LogP contribution in [0.5, 0.6) is 0 Å². The van der Waals surface area contributed by atoms with Crippen LogP contribution >= 0.6 is 23.1 Å². The zero-order chi connectivity index (χ0) is 11.1. The Morgan fingerprint density at radius 3 is 2.67 bits per heavy atom. The van der Waals surface area contributed by atoms with E-state index in [0.717, 1.165) is 20.7 Å². The fourth-order valence-corrected chi connectivity index (χ4v) is 3.12. The third-order valence-electron chi connectivity index (χ3n) is 2.26. The number of hydrogen-bond donors (Lipinski definition) is 0. The van der Waals surface area contributed by atoms with Gasteiger partial charge in [0.05, 0.1) is 5.52 Å². The summed E-state index contributed by atoms with van der Waals surface area (Å²) in [5.74, 6) is 0. The molecule has 0 bridgehead atoms. The Labute approximate surface area is 97.2 Å². The van der Waals surface area contributed by atoms with Crippen LogP contribution in [0.25, 0.3) is 10.9 Å². The van der Waals surface area contributed by atoms with Crippen molar-refractivity contribution in [3.05, 3.63) is 34.9 Å². The first-order valence-corrected chi connectivity index (χ1v) is 7.98. The van der Waals surface area contributed by atoms with Crippen LogP contribution in [0.15, 0.2) is 34.9 Å². The van der Waals surface area contributed by atoms with Crippen LogP contribution in [-0.4, -0.2) is 18.3 Å². The Bertz CT molecular complexity index is 562. The monoisotopic (exact) mass is 283 g/mol. The minimum atomic E-state index is -2.23. The molecule has 1 aromatic carbocycles. The van der Waals surface area contributed by atoms with Crippen LogP contribution in [0.3, 0.4) is 0 Å². The van der Waals surface area contributed by atoms with Gasteiger partial charge in [-0.15, -0.1) is 0 Å². The molecule has 1 aromatic heterocycles. The largest absolute Gasteiger partial charge is 0.319 e. The molecule has 2 aromatic rings. The van der Waals surface area contributed by atoms with Gasteiger partial charge in [0.25, 0.3) is 0 Å². The fourth-order valence-electron chi connectivity index (χ4n) is 1.58. The molecule has 0 spiro atoms. The zero-order valence-corrected chi connectivity index (χ0v) is 11.0. The Hall–Kier alpha value is -0.660. The molecule has 2 rings (SSSR count). The van der Waals surface area contributed by atoms with Gasteiger partial charge >= 0.3 is 0 Å². The number of halogens is 1. The van der Waals surface area contributed by atoms with Gasteiger partial charge in [0, 0.05) is 21.4 Å². The van der Waals surface area contributed by atoms with E-state index in [9.17, 15) is 4.57 Å². The van der Waals surface area contributed by atoms with Crippen LogP contribution < -0.4 is 5.30 Å². The summed E-state index contributed by atoms with van der Waals surface area (Å²) in [6.07, 6.45) is 1.71. The van der Waals surface area contributed by atoms with Gasteiger partial charge in [0.15, 0.2) is 0 Å². The first-order chi connectivity index (χ1) is 6.98. The van der Waals surface area contributed by atoms with Crippen LogP contribution in [0, 0.1) is 0 Å². The van der Waals surface area contributed by atoms with Gasteiger partial charge in [0.1, 0.15) is 7.14 Å². The molecule has 0 radical (unpaired) electrons. The highest BCUT2D eigenvalue weighted by Gasteiger charge is 2.14. The van der Waals surface area contributed by atoms with E-state index in [0.29, 0.717) is 0 Å². The van der Waals surface area contributed by atoms with E-state index in [2.05, 4.69) is 20.9 Å². The van der Waals surface area contributed by atoms with Crippen molar-refractivity contribution in [2.24, 2.45) is 0 Å². The molecule has 0 amide bonds. The number of hydrogen-bond acceptors (Lipinski definition) is 2. The van der Waals surface area contributed by atoms with E-state index in [1.54, 1.807) is 19.5 Å². The van der Waals surface area contributed by atoms with Gasteiger partial charge in [-0.05, 0) is 31.5 Å². The van der Waals surface area contributed by atoms with Crippen LogP contribution in [0.2, 0.25) is 0 Å². The molecule has 0 saturated carbocycles. The van der Waals surface area contributed by atoms with Crippen molar-refractivity contribution in [3.8, 4) is 0 Å². The maximum Gasteiger partial charge on any atom is 0.110 e. The van der Waals surface area contributed by atoms with E-state index in [1.165, 1.54) is 0 Å². The summed E-state index contributed by atoms with van der Waals surface area (Å²) in [4.78, 5) is 4.27. The molecule has 78 valence electrons. The maximum absolute atomic E-state index is 12.1. The van der Waals surface area contributed by atoms with Crippen molar-refractivity contribution >= 4 is 39.3 Å². The van der Waals surface area contributed by atoms with Crippen LogP contribution in [0.4, 0.5) is 0 Å². The average Bonchev–Trinajstić information content (AvgIpc) is 2.15. The van der Waals surface area contributed by atoms with Crippen LogP contribution in [-0.2, 0) is 4.57 Å². The quantitative estimate of drug-likeness (QED) is 0.752. The third kappa shape index (κ3) is 2.14. The van der Waals surface area contributed by atoms with E-state index < -0.39 is 7.14 Å². The van der Waals surface area contributed by atoms with Gasteiger partial charge in [0.2, 0.25) is 0 Å². The SMILES string of the molecule is CP(C)(=O)c1ccnc2cc(Br)ccc12. The molecule has 0 unspecified atom stereocenters. The minimum Gasteiger partial charge on any atom is -0.319 e. The molecular formula is C11H11BrNOP. The summed E-state index contributed by atoms with van der Waals surface area (Å²) in [7, 11) is -2.23. The van der Waals surface area contributed by atoms with Crippen molar-refractivity contribution in [1.82, 2.24) is 4.98 Å². The van der Waals surface area contributed by atoms with Crippen molar-refractivity contribution < 1.29 is 4.57 Å². The van der Waals surface area contributed by atoms with E-state index in [4.69, 9.17) is 0 Å². The third-order valence-corrected chi connectivity index (χ3v) is 4.31. The molecule has 15 heavy (non-hydrogen) atoms. The Kier molecular flexibility index (Phi) is 2.70. The first-order valence-electron chi connectivity index (χ1n) is 4.58. The number of pyridine rings is 1. The molecule has 0 fully saturated rings. The van der Waals surface area contributed by atoms with Gasteiger partial charge in [-0.3, -0.25) is 4.98 Å². The van der Waals surface area contributed by atoms with E-state index in [-0.39, 0.29) is 0 Å². The molecule has 1 heterocycles. The van der Waals surface area contributed by atoms with Crippen molar-refractivity contribution in [3.63, 3.8) is 0 Å². The lowest BCUT2D eigenvalue weighted by Gasteiger charge is -2.10. The number of rotatable bonds is 1. The van der Waals surface area contributed by atoms with Gasteiger partial charge in [-0.25, -0.2) is 0 Å². The van der Waals surface area contributed by atoms with Crippen molar-refractivity contribution in [1.29, 1.82) is 0 Å². The van der Waals surface area contributed by atoms with Crippen molar-refractivity contribution in [2.75, 3.05) is 13.3 Å². The second-order valence-electron chi connectivity index (χ2n) is 3.84. The molecule has 0 saturated heterocycles. The lowest BCUT2D eigenvalue weighted by atomic mass is 10.2. The summed E-state index contributed by atoms with van der Waals surface area (Å²) in [6, 6.07) is 7.69. The number of nitrogens with zero attached hydrogens (tertiary/aromatic N) is 1. The second-order valence-corrected chi connectivity index (χ2v) is 7.94. The lowest BCUT2D eigenvalue weighted by molar-refractivity contribution is 0.588. The standard InChI is InChI=1S/C11H11BrNOP/c1-15(2,14)11-5-6-13-10-7-8(12)3-4-9(10)11/h3-7H,1-2H3. The molecule has 0 aliphatic rings. The van der Waals surface area contributed by atoms with Gasteiger partial charge in [-0.1, -0.05) is 22.0 Å². The Morgan fingerprint density at radius 1 is 1.27 bits per heavy atom. The molecular weight excluding hydrogens is 273 g/mol. The molecule has 0 N–H and O–H groups in total. The average molecular weight is 284 g/mol. The summed E-state index contributed by atoms with van der Waals surface area (Å²) in [5.41, 5.74) is 0.880. The molecule has 0 atom stereocenters. The summed E-state index contributed by atoms with van der Waals surface area (Å²) < 4.78 is 13.1. The highest BCUT2D eigenvalue weighted by Crippen LogP contribution is 2.37. The lowest BCUT2D eigenvalue weighted by Crippen LogP contribution is -2.05. The minimum absolute atomic E-state index is 0.880. The molecule has 0 aliphatic carbocycles. The highest BCUT2D eigenvalue weighted by molar-refractivity contribution is 9.10. The molecule has 2 nitrogen and oxygen atoms in total. The number of fused-ring (bicyclic) bond motifs is 1. The smallest absolute Gasteiger partial charge is 0.110 e. The summed E-state index contributed by atoms with van der Waals surface area (Å²) in [5, 5.41) is 1.88. The van der Waals surface area contributed by atoms with Gasteiger partial charge < -0.3 is 4.57 Å². The predicted molar refractivity (Wildman–Crippen MR) is 68.5 cm³/mol. The normalized spacial score (nSPS) is 11.9. The summed E-state index contributed by atoms with van der Waals surface area (Å²) >= 11 is 3.40. The van der Waals surface area contributed by atoms with Crippen molar-refractivity contribution in [2.45, 2.75) is 0 Å². The number of aromatic nitrogens is 1.